The molecule has 1 aliphatic carbocycles. The lowest BCUT2D eigenvalue weighted by molar-refractivity contribution is 0.0732. The number of benzene rings is 1. The molecule has 1 aliphatic rings. The number of rotatable bonds is 3. The lowest BCUT2D eigenvalue weighted by Crippen LogP contribution is -2.27. The molecule has 0 amide bonds. The molecule has 1 N–H and O–H groups in total. The quantitative estimate of drug-likeness (QED) is 0.823. The molecule has 0 atom stereocenters. The number of hydrogen-bond acceptors (Lipinski definition) is 2. The molecule has 1 fully saturated rings. The summed E-state index contributed by atoms with van der Waals surface area (Å²) in [6.45, 7) is 0. The average molecular weight is 244 g/mol. The summed E-state index contributed by atoms with van der Waals surface area (Å²) in [5.74, 6) is -0.636. The van der Waals surface area contributed by atoms with Crippen molar-refractivity contribution in [2.45, 2.75) is 36.2 Å². The monoisotopic (exact) mass is 244 g/mol. The molecule has 0 spiro atoms. The minimum Gasteiger partial charge on any atom is -0.389 e. The molecular weight excluding hydrogens is 230 g/mol. The van der Waals surface area contributed by atoms with Gasteiger partial charge in [0.25, 0.3) is 0 Å². The van der Waals surface area contributed by atoms with Crippen LogP contribution in [-0.2, 0) is 0 Å². The van der Waals surface area contributed by atoms with Crippen LogP contribution >= 0.6 is 11.8 Å². The Hall–Kier alpha value is -0.610. The lowest BCUT2D eigenvalue weighted by Gasteiger charge is -2.21. The third kappa shape index (κ3) is 2.74. The van der Waals surface area contributed by atoms with Crippen molar-refractivity contribution < 1.29 is 13.9 Å². The van der Waals surface area contributed by atoms with Crippen molar-refractivity contribution in [3.63, 3.8) is 0 Å². The van der Waals surface area contributed by atoms with Gasteiger partial charge < -0.3 is 5.11 Å². The van der Waals surface area contributed by atoms with Crippen LogP contribution in [0.4, 0.5) is 8.78 Å². The van der Waals surface area contributed by atoms with Crippen LogP contribution in [0, 0.1) is 11.6 Å². The topological polar surface area (TPSA) is 20.2 Å². The van der Waals surface area contributed by atoms with Gasteiger partial charge in [0.1, 0.15) is 11.6 Å². The Bertz CT molecular complexity index is 375. The number of halogens is 2. The third-order valence-corrected chi connectivity index (χ3v) is 4.25. The maximum absolute atomic E-state index is 13.3. The molecule has 0 unspecified atom stereocenters. The Labute approximate surface area is 97.9 Å². The van der Waals surface area contributed by atoms with Crippen molar-refractivity contribution in [1.82, 2.24) is 0 Å². The molecule has 0 aromatic heterocycles. The Balaban J connectivity index is 1.99. The predicted molar refractivity (Wildman–Crippen MR) is 60.5 cm³/mol. The molecule has 0 heterocycles. The van der Waals surface area contributed by atoms with Gasteiger partial charge in [0.2, 0.25) is 0 Å². The van der Waals surface area contributed by atoms with E-state index in [1.54, 1.807) is 0 Å². The van der Waals surface area contributed by atoms with E-state index in [9.17, 15) is 13.9 Å². The van der Waals surface area contributed by atoms with E-state index in [0.717, 1.165) is 31.7 Å². The van der Waals surface area contributed by atoms with Gasteiger partial charge in [0.05, 0.1) is 5.60 Å². The molecule has 88 valence electrons. The maximum Gasteiger partial charge on any atom is 0.139 e. The van der Waals surface area contributed by atoms with Crippen LogP contribution in [-0.4, -0.2) is 16.5 Å². The van der Waals surface area contributed by atoms with Crippen molar-refractivity contribution in [3.8, 4) is 0 Å². The molecule has 1 saturated carbocycles. The largest absolute Gasteiger partial charge is 0.389 e. The minimum atomic E-state index is -0.661. The first-order valence-corrected chi connectivity index (χ1v) is 6.38. The second kappa shape index (κ2) is 4.72. The Morgan fingerprint density at radius 3 is 2.56 bits per heavy atom. The molecule has 4 heteroatoms. The smallest absolute Gasteiger partial charge is 0.139 e. The summed E-state index contributed by atoms with van der Waals surface area (Å²) in [6.07, 6.45) is 3.62. The van der Waals surface area contributed by atoms with Gasteiger partial charge in [-0.2, -0.15) is 0 Å². The molecule has 2 rings (SSSR count). The van der Waals surface area contributed by atoms with Crippen LogP contribution in [0.25, 0.3) is 0 Å². The lowest BCUT2D eigenvalue weighted by atomic mass is 10.1. The average Bonchev–Trinajstić information content (AvgIpc) is 2.64. The summed E-state index contributed by atoms with van der Waals surface area (Å²) >= 11 is 1.26. The van der Waals surface area contributed by atoms with Crippen LogP contribution in [0.15, 0.2) is 23.1 Å². The first kappa shape index (κ1) is 11.9. The van der Waals surface area contributed by atoms with Crippen molar-refractivity contribution in [2.75, 3.05) is 5.75 Å². The van der Waals surface area contributed by atoms with E-state index in [-0.39, 0.29) is 0 Å². The fourth-order valence-electron chi connectivity index (χ4n) is 1.98. The normalized spacial score (nSPS) is 18.9. The SMILES string of the molecule is OC1(CSc2ccc(F)cc2F)CCCC1. The first-order chi connectivity index (χ1) is 7.59. The van der Waals surface area contributed by atoms with E-state index in [1.807, 2.05) is 0 Å². The van der Waals surface area contributed by atoms with Gasteiger partial charge in [0, 0.05) is 16.7 Å². The van der Waals surface area contributed by atoms with Gasteiger partial charge in [-0.05, 0) is 25.0 Å². The summed E-state index contributed by atoms with van der Waals surface area (Å²) in [4.78, 5) is 0.404. The zero-order valence-corrected chi connectivity index (χ0v) is 9.70. The van der Waals surface area contributed by atoms with Gasteiger partial charge >= 0.3 is 0 Å². The van der Waals surface area contributed by atoms with Crippen molar-refractivity contribution >= 4 is 11.8 Å². The molecule has 0 aliphatic heterocycles. The highest BCUT2D eigenvalue weighted by atomic mass is 32.2. The van der Waals surface area contributed by atoms with Crippen LogP contribution < -0.4 is 0 Å². The summed E-state index contributed by atoms with van der Waals surface area (Å²) in [5.41, 5.74) is -0.661. The molecule has 1 nitrogen and oxygen atoms in total. The molecular formula is C12H14F2OS. The summed E-state index contributed by atoms with van der Waals surface area (Å²) in [5, 5.41) is 10.1. The second-order valence-electron chi connectivity index (χ2n) is 4.29. The van der Waals surface area contributed by atoms with Gasteiger partial charge in [-0.15, -0.1) is 11.8 Å². The predicted octanol–water partition coefficient (Wildman–Crippen LogP) is 3.36. The number of thioether (sulfide) groups is 1. The van der Waals surface area contributed by atoms with E-state index in [4.69, 9.17) is 0 Å². The van der Waals surface area contributed by atoms with Crippen molar-refractivity contribution in [1.29, 1.82) is 0 Å². The number of hydrogen-bond donors (Lipinski definition) is 1. The fraction of sp³-hybridized carbons (Fsp3) is 0.500. The zero-order valence-electron chi connectivity index (χ0n) is 8.88. The Morgan fingerprint density at radius 2 is 1.94 bits per heavy atom. The van der Waals surface area contributed by atoms with E-state index >= 15 is 0 Å². The van der Waals surface area contributed by atoms with E-state index < -0.39 is 17.2 Å². The molecule has 1 aromatic carbocycles. The minimum absolute atomic E-state index is 0.404. The van der Waals surface area contributed by atoms with Crippen molar-refractivity contribution in [2.24, 2.45) is 0 Å². The summed E-state index contributed by atoms with van der Waals surface area (Å²) in [7, 11) is 0. The highest BCUT2D eigenvalue weighted by molar-refractivity contribution is 7.99. The Kier molecular flexibility index (Phi) is 3.50. The Morgan fingerprint density at radius 1 is 1.25 bits per heavy atom. The van der Waals surface area contributed by atoms with Gasteiger partial charge in [-0.3, -0.25) is 0 Å². The standard InChI is InChI=1S/C12H14F2OS/c13-9-3-4-11(10(14)7-9)16-8-12(15)5-1-2-6-12/h3-4,7,15H,1-2,5-6,8H2. The van der Waals surface area contributed by atoms with E-state index in [0.29, 0.717) is 10.6 Å². The molecule has 0 saturated heterocycles. The number of aliphatic hydroxyl groups is 1. The summed E-state index contributed by atoms with van der Waals surface area (Å²) < 4.78 is 26.0. The molecule has 16 heavy (non-hydrogen) atoms. The second-order valence-corrected chi connectivity index (χ2v) is 5.31. The first-order valence-electron chi connectivity index (χ1n) is 5.39. The van der Waals surface area contributed by atoms with Crippen LogP contribution in [0.5, 0.6) is 0 Å². The maximum atomic E-state index is 13.3. The highest BCUT2D eigenvalue weighted by Crippen LogP contribution is 2.35. The molecule has 0 bridgehead atoms. The summed E-state index contributed by atoms with van der Waals surface area (Å²) in [6, 6.07) is 3.54. The molecule has 1 aromatic rings. The zero-order chi connectivity index (χ0) is 11.6. The van der Waals surface area contributed by atoms with E-state index in [1.165, 1.54) is 23.9 Å². The third-order valence-electron chi connectivity index (χ3n) is 2.92. The highest BCUT2D eigenvalue weighted by Gasteiger charge is 2.31. The van der Waals surface area contributed by atoms with Gasteiger partial charge in [-0.25, -0.2) is 8.78 Å². The van der Waals surface area contributed by atoms with E-state index in [2.05, 4.69) is 0 Å². The van der Waals surface area contributed by atoms with Gasteiger partial charge in [-0.1, -0.05) is 12.8 Å². The van der Waals surface area contributed by atoms with Gasteiger partial charge in [0.15, 0.2) is 0 Å². The van der Waals surface area contributed by atoms with Crippen LogP contribution in [0.3, 0.4) is 0 Å². The van der Waals surface area contributed by atoms with Crippen molar-refractivity contribution in [3.05, 3.63) is 29.8 Å². The molecule has 0 radical (unpaired) electrons. The van der Waals surface area contributed by atoms with Crippen LogP contribution in [0.1, 0.15) is 25.7 Å². The van der Waals surface area contributed by atoms with Crippen LogP contribution in [0.2, 0.25) is 0 Å². The fourth-order valence-corrected chi connectivity index (χ4v) is 3.06.